The summed E-state index contributed by atoms with van der Waals surface area (Å²) in [5.74, 6) is 3.85. The fraction of sp³-hybridized carbons (Fsp3) is 0.824. The molecule has 0 N–H and O–H groups in total. The Kier molecular flexibility index (Phi) is 3.66. The molecule has 4 rings (SSSR count). The van der Waals surface area contributed by atoms with E-state index in [1.165, 1.54) is 25.7 Å². The predicted octanol–water partition coefficient (Wildman–Crippen LogP) is 2.44. The van der Waals surface area contributed by atoms with E-state index in [-0.39, 0.29) is 0 Å². The smallest absolute Gasteiger partial charge is 0.226 e. The van der Waals surface area contributed by atoms with Crippen LogP contribution in [0.5, 0.6) is 0 Å². The number of amides is 1. The molecule has 2 unspecified atom stereocenters. The minimum atomic E-state index is 0.373. The molecule has 1 aromatic rings. The van der Waals surface area contributed by atoms with E-state index in [0.717, 1.165) is 50.1 Å². The molecule has 1 saturated heterocycles. The average Bonchev–Trinajstić information content (AvgIpc) is 3.10. The zero-order valence-electron chi connectivity index (χ0n) is 13.4. The van der Waals surface area contributed by atoms with Crippen LogP contribution in [0.3, 0.4) is 0 Å². The average molecular weight is 302 g/mol. The van der Waals surface area contributed by atoms with Crippen LogP contribution in [-0.2, 0) is 11.3 Å². The Morgan fingerprint density at radius 2 is 1.86 bits per heavy atom. The Balaban J connectivity index is 1.35. The lowest BCUT2D eigenvalue weighted by Gasteiger charge is -2.32. The van der Waals surface area contributed by atoms with Crippen LogP contribution in [0, 0.1) is 17.8 Å². The SMILES string of the molecule is CCn1cnnc1C1CCN(C(=O)C2C3CCCCC32)CC1. The maximum Gasteiger partial charge on any atom is 0.226 e. The van der Waals surface area contributed by atoms with Gasteiger partial charge in [0.05, 0.1) is 0 Å². The van der Waals surface area contributed by atoms with Gasteiger partial charge < -0.3 is 9.47 Å². The second-order valence-corrected chi connectivity index (χ2v) is 7.21. The lowest BCUT2D eigenvalue weighted by molar-refractivity contribution is -0.134. The highest BCUT2D eigenvalue weighted by atomic mass is 16.2. The fourth-order valence-corrected chi connectivity index (χ4v) is 4.75. The van der Waals surface area contributed by atoms with Crippen molar-refractivity contribution in [3.05, 3.63) is 12.2 Å². The molecule has 2 heterocycles. The lowest BCUT2D eigenvalue weighted by Crippen LogP contribution is -2.39. The molecule has 1 aromatic heterocycles. The van der Waals surface area contributed by atoms with Crippen LogP contribution in [-0.4, -0.2) is 38.7 Å². The number of fused-ring (bicyclic) bond motifs is 1. The molecule has 3 fully saturated rings. The van der Waals surface area contributed by atoms with Crippen LogP contribution in [0.25, 0.3) is 0 Å². The van der Waals surface area contributed by atoms with Gasteiger partial charge in [-0.15, -0.1) is 10.2 Å². The number of carbonyl (C=O) groups is 1. The zero-order valence-corrected chi connectivity index (χ0v) is 13.4. The number of aromatic nitrogens is 3. The van der Waals surface area contributed by atoms with Gasteiger partial charge in [0, 0.05) is 31.5 Å². The molecule has 5 heteroatoms. The Morgan fingerprint density at radius 3 is 2.50 bits per heavy atom. The number of piperidine rings is 1. The maximum absolute atomic E-state index is 12.7. The first kappa shape index (κ1) is 14.2. The summed E-state index contributed by atoms with van der Waals surface area (Å²) in [5, 5.41) is 8.34. The van der Waals surface area contributed by atoms with Crippen molar-refractivity contribution < 1.29 is 4.79 Å². The second kappa shape index (κ2) is 5.67. The first-order valence-corrected chi connectivity index (χ1v) is 8.96. The molecule has 1 amide bonds. The topological polar surface area (TPSA) is 51.0 Å². The largest absolute Gasteiger partial charge is 0.342 e. The molecule has 2 aliphatic carbocycles. The number of likely N-dealkylation sites (tertiary alicyclic amines) is 1. The summed E-state index contributed by atoms with van der Waals surface area (Å²) in [6.07, 6.45) is 9.13. The first-order valence-electron chi connectivity index (χ1n) is 8.96. The van der Waals surface area contributed by atoms with Crippen molar-refractivity contribution in [3.63, 3.8) is 0 Å². The Hall–Kier alpha value is -1.39. The molecule has 3 aliphatic rings. The molecule has 0 aromatic carbocycles. The molecule has 0 radical (unpaired) electrons. The lowest BCUT2D eigenvalue weighted by atomic mass is 9.95. The van der Waals surface area contributed by atoms with E-state index in [9.17, 15) is 4.79 Å². The van der Waals surface area contributed by atoms with Gasteiger partial charge in [-0.1, -0.05) is 12.8 Å². The van der Waals surface area contributed by atoms with E-state index in [2.05, 4.69) is 26.6 Å². The van der Waals surface area contributed by atoms with Gasteiger partial charge in [-0.2, -0.15) is 0 Å². The standard InChI is InChI=1S/C17H26N4O/c1-2-20-11-18-19-16(20)12-7-9-21(10-8-12)17(22)15-13-5-3-4-6-14(13)15/h11-15H,2-10H2,1H3. The summed E-state index contributed by atoms with van der Waals surface area (Å²) in [4.78, 5) is 14.9. The number of aryl methyl sites for hydroxylation is 1. The van der Waals surface area contributed by atoms with Crippen LogP contribution in [0.15, 0.2) is 6.33 Å². The summed E-state index contributed by atoms with van der Waals surface area (Å²) in [5.41, 5.74) is 0. The van der Waals surface area contributed by atoms with Crippen molar-refractivity contribution in [1.82, 2.24) is 19.7 Å². The number of nitrogens with zero attached hydrogens (tertiary/aromatic N) is 4. The van der Waals surface area contributed by atoms with E-state index in [0.29, 0.717) is 17.7 Å². The van der Waals surface area contributed by atoms with Crippen LogP contribution in [0.1, 0.15) is 57.2 Å². The second-order valence-electron chi connectivity index (χ2n) is 7.21. The number of carbonyl (C=O) groups excluding carboxylic acids is 1. The van der Waals surface area contributed by atoms with Gasteiger partial charge in [-0.25, -0.2) is 0 Å². The third-order valence-corrected chi connectivity index (χ3v) is 6.10. The van der Waals surface area contributed by atoms with Crippen LogP contribution >= 0.6 is 0 Å². The van der Waals surface area contributed by atoms with E-state index in [1.54, 1.807) is 0 Å². The van der Waals surface area contributed by atoms with Gasteiger partial charge in [0.2, 0.25) is 5.91 Å². The number of hydrogen-bond acceptors (Lipinski definition) is 3. The molecular weight excluding hydrogens is 276 g/mol. The molecule has 0 bridgehead atoms. The molecular formula is C17H26N4O. The summed E-state index contributed by atoms with van der Waals surface area (Å²) >= 11 is 0. The maximum atomic E-state index is 12.7. The Morgan fingerprint density at radius 1 is 1.18 bits per heavy atom. The van der Waals surface area contributed by atoms with Crippen molar-refractivity contribution >= 4 is 5.91 Å². The number of hydrogen-bond donors (Lipinski definition) is 0. The van der Waals surface area contributed by atoms with Crippen molar-refractivity contribution in [1.29, 1.82) is 0 Å². The highest BCUT2D eigenvalue weighted by Gasteiger charge is 2.55. The minimum Gasteiger partial charge on any atom is -0.342 e. The molecule has 2 atom stereocenters. The Labute approximate surface area is 132 Å². The summed E-state index contributed by atoms with van der Waals surface area (Å²) in [6.45, 7) is 4.85. The van der Waals surface area contributed by atoms with Gasteiger partial charge in [0.1, 0.15) is 12.2 Å². The van der Waals surface area contributed by atoms with Crippen molar-refractivity contribution in [2.24, 2.45) is 17.8 Å². The first-order chi connectivity index (χ1) is 10.8. The third-order valence-electron chi connectivity index (χ3n) is 6.10. The molecule has 22 heavy (non-hydrogen) atoms. The van der Waals surface area contributed by atoms with Crippen LogP contribution in [0.4, 0.5) is 0 Å². The van der Waals surface area contributed by atoms with Gasteiger partial charge in [-0.3, -0.25) is 4.79 Å². The normalized spacial score (nSPS) is 31.9. The summed E-state index contributed by atoms with van der Waals surface area (Å²) in [7, 11) is 0. The summed E-state index contributed by atoms with van der Waals surface area (Å²) < 4.78 is 2.14. The monoisotopic (exact) mass is 302 g/mol. The quantitative estimate of drug-likeness (QED) is 0.861. The molecule has 5 nitrogen and oxygen atoms in total. The molecule has 1 aliphatic heterocycles. The van der Waals surface area contributed by atoms with E-state index >= 15 is 0 Å². The van der Waals surface area contributed by atoms with Gasteiger partial charge in [0.15, 0.2) is 0 Å². The van der Waals surface area contributed by atoms with Crippen LogP contribution in [0.2, 0.25) is 0 Å². The Bertz CT molecular complexity index is 535. The van der Waals surface area contributed by atoms with Crippen molar-refractivity contribution in [2.45, 2.75) is 57.9 Å². The van der Waals surface area contributed by atoms with Gasteiger partial charge in [0.25, 0.3) is 0 Å². The van der Waals surface area contributed by atoms with Gasteiger partial charge in [-0.05, 0) is 44.4 Å². The predicted molar refractivity (Wildman–Crippen MR) is 83.2 cm³/mol. The number of rotatable bonds is 3. The summed E-state index contributed by atoms with van der Waals surface area (Å²) in [6, 6.07) is 0. The van der Waals surface area contributed by atoms with Crippen molar-refractivity contribution in [3.8, 4) is 0 Å². The van der Waals surface area contributed by atoms with Crippen molar-refractivity contribution in [2.75, 3.05) is 13.1 Å². The van der Waals surface area contributed by atoms with E-state index in [4.69, 9.17) is 0 Å². The van der Waals surface area contributed by atoms with Gasteiger partial charge >= 0.3 is 0 Å². The molecule has 0 spiro atoms. The third kappa shape index (κ3) is 2.34. The molecule has 120 valence electrons. The minimum absolute atomic E-state index is 0.373. The fourth-order valence-electron chi connectivity index (χ4n) is 4.75. The van der Waals surface area contributed by atoms with Crippen LogP contribution < -0.4 is 0 Å². The highest BCUT2D eigenvalue weighted by Crippen LogP contribution is 2.56. The highest BCUT2D eigenvalue weighted by molar-refractivity contribution is 5.82. The zero-order chi connectivity index (χ0) is 15.1. The van der Waals surface area contributed by atoms with E-state index < -0.39 is 0 Å². The molecule has 2 saturated carbocycles. The van der Waals surface area contributed by atoms with E-state index in [1.807, 2.05) is 6.33 Å².